The molecule has 2 N–H and O–H groups in total. The van der Waals surface area contributed by atoms with E-state index >= 15 is 0 Å². The fourth-order valence-electron chi connectivity index (χ4n) is 1.61. The topological polar surface area (TPSA) is 69.2 Å². The van der Waals surface area contributed by atoms with E-state index in [1.165, 1.54) is 6.07 Å². The van der Waals surface area contributed by atoms with Crippen LogP contribution >= 0.6 is 0 Å². The van der Waals surface area contributed by atoms with Gasteiger partial charge in [-0.05, 0) is 11.6 Å². The van der Waals surface area contributed by atoms with Crippen molar-refractivity contribution < 1.29 is 9.31 Å². The maximum Gasteiger partial charge on any atom is 0.295 e. The van der Waals surface area contributed by atoms with Crippen LogP contribution in [0.15, 0.2) is 42.5 Å². The second-order valence-electron chi connectivity index (χ2n) is 3.51. The van der Waals surface area contributed by atoms with Crippen molar-refractivity contribution in [2.75, 3.05) is 5.73 Å². The first-order valence-corrected chi connectivity index (χ1v) is 4.88. The molecule has 0 heterocycles. The van der Waals surface area contributed by atoms with E-state index in [-0.39, 0.29) is 5.69 Å². The average Bonchev–Trinajstić information content (AvgIpc) is 2.32. The van der Waals surface area contributed by atoms with E-state index in [4.69, 9.17) is 5.73 Å². The number of anilines is 1. The number of benzene rings is 2. The van der Waals surface area contributed by atoms with Gasteiger partial charge in [0, 0.05) is 5.56 Å². The third-order valence-electron chi connectivity index (χ3n) is 2.40. The van der Waals surface area contributed by atoms with Crippen molar-refractivity contribution in [2.24, 2.45) is 0 Å². The molecule has 0 saturated heterocycles. The number of nitrogens with two attached hydrogens (primary N) is 1. The highest BCUT2D eigenvalue weighted by Gasteiger charge is 2.18. The Labute approximate surface area is 96.6 Å². The minimum absolute atomic E-state index is 0.0254. The molecule has 86 valence electrons. The van der Waals surface area contributed by atoms with E-state index in [0.29, 0.717) is 11.1 Å². The lowest BCUT2D eigenvalue weighted by Crippen LogP contribution is -1.99. The molecule has 4 nitrogen and oxygen atoms in total. The van der Waals surface area contributed by atoms with Crippen LogP contribution in [0.4, 0.5) is 15.8 Å². The van der Waals surface area contributed by atoms with Gasteiger partial charge in [-0.3, -0.25) is 10.1 Å². The highest BCUT2D eigenvalue weighted by molar-refractivity contribution is 5.82. The molecule has 0 radical (unpaired) electrons. The van der Waals surface area contributed by atoms with Gasteiger partial charge in [0.1, 0.15) is 11.5 Å². The van der Waals surface area contributed by atoms with Crippen LogP contribution in [0.1, 0.15) is 0 Å². The molecule has 2 aromatic rings. The molecule has 0 unspecified atom stereocenters. The minimum Gasteiger partial charge on any atom is -0.393 e. The fourth-order valence-corrected chi connectivity index (χ4v) is 1.61. The fraction of sp³-hybridized carbons (Fsp3) is 0. The maximum absolute atomic E-state index is 13.3. The van der Waals surface area contributed by atoms with Crippen LogP contribution in [0.3, 0.4) is 0 Å². The van der Waals surface area contributed by atoms with Crippen molar-refractivity contribution in [3.05, 3.63) is 58.4 Å². The Bertz CT molecular complexity index is 570. The summed E-state index contributed by atoms with van der Waals surface area (Å²) < 4.78 is 13.3. The highest BCUT2D eigenvalue weighted by Crippen LogP contribution is 2.33. The second-order valence-corrected chi connectivity index (χ2v) is 3.51. The summed E-state index contributed by atoms with van der Waals surface area (Å²) in [6, 6.07) is 10.8. The van der Waals surface area contributed by atoms with Crippen LogP contribution in [-0.4, -0.2) is 4.92 Å². The van der Waals surface area contributed by atoms with Crippen molar-refractivity contribution in [1.82, 2.24) is 0 Å². The van der Waals surface area contributed by atoms with Gasteiger partial charge >= 0.3 is 0 Å². The summed E-state index contributed by atoms with van der Waals surface area (Å²) in [6.07, 6.45) is 0. The molecule has 0 fully saturated rings. The second kappa shape index (κ2) is 4.21. The number of nitrogens with zero attached hydrogens (tertiary/aromatic N) is 1. The number of hydrogen-bond donors (Lipinski definition) is 1. The van der Waals surface area contributed by atoms with Crippen molar-refractivity contribution in [2.45, 2.75) is 0 Å². The third-order valence-corrected chi connectivity index (χ3v) is 2.40. The molecule has 2 rings (SSSR count). The smallest absolute Gasteiger partial charge is 0.295 e. The lowest BCUT2D eigenvalue weighted by Gasteiger charge is -2.06. The number of halogens is 1. The Balaban J connectivity index is 2.67. The average molecular weight is 232 g/mol. The number of nitro groups is 1. The van der Waals surface area contributed by atoms with Crippen molar-refractivity contribution in [1.29, 1.82) is 0 Å². The standard InChI is InChI=1S/C12H9FN2O2/c13-9-6-10(8-4-2-1-3-5-8)12(14)11(7-9)15(16)17/h1-7H,14H2. The van der Waals surface area contributed by atoms with E-state index in [9.17, 15) is 14.5 Å². The van der Waals surface area contributed by atoms with Crippen LogP contribution in [0.5, 0.6) is 0 Å². The van der Waals surface area contributed by atoms with Gasteiger partial charge in [0.15, 0.2) is 0 Å². The summed E-state index contributed by atoms with van der Waals surface area (Å²) in [5.41, 5.74) is 6.22. The molecule has 2 aromatic carbocycles. The molecule has 0 bridgehead atoms. The van der Waals surface area contributed by atoms with Gasteiger partial charge in [0.25, 0.3) is 5.69 Å². The predicted octanol–water partition coefficient (Wildman–Crippen LogP) is 2.98. The first-order chi connectivity index (χ1) is 8.09. The van der Waals surface area contributed by atoms with E-state index in [2.05, 4.69) is 0 Å². The molecular formula is C12H9FN2O2. The normalized spacial score (nSPS) is 10.2. The maximum atomic E-state index is 13.3. The zero-order chi connectivity index (χ0) is 12.4. The summed E-state index contributed by atoms with van der Waals surface area (Å²) in [5, 5.41) is 10.7. The first-order valence-electron chi connectivity index (χ1n) is 4.88. The number of nitrogen functional groups attached to an aromatic ring is 1. The van der Waals surface area contributed by atoms with E-state index in [0.717, 1.165) is 6.07 Å². The molecule has 0 aliphatic carbocycles. The van der Waals surface area contributed by atoms with Crippen LogP contribution in [-0.2, 0) is 0 Å². The van der Waals surface area contributed by atoms with Crippen LogP contribution in [0.25, 0.3) is 11.1 Å². The largest absolute Gasteiger partial charge is 0.393 e. The van der Waals surface area contributed by atoms with E-state index < -0.39 is 16.4 Å². The van der Waals surface area contributed by atoms with E-state index in [1.54, 1.807) is 30.3 Å². The van der Waals surface area contributed by atoms with Crippen molar-refractivity contribution in [3.8, 4) is 11.1 Å². The SMILES string of the molecule is Nc1c(-c2ccccc2)cc(F)cc1[N+](=O)[O-]. The van der Waals surface area contributed by atoms with Crippen LogP contribution in [0, 0.1) is 15.9 Å². The van der Waals surface area contributed by atoms with Crippen molar-refractivity contribution in [3.63, 3.8) is 0 Å². The zero-order valence-corrected chi connectivity index (χ0v) is 8.76. The predicted molar refractivity (Wildman–Crippen MR) is 62.9 cm³/mol. The minimum atomic E-state index is -0.690. The molecule has 0 atom stereocenters. The lowest BCUT2D eigenvalue weighted by molar-refractivity contribution is -0.384. The quantitative estimate of drug-likeness (QED) is 0.491. The Morgan fingerprint density at radius 1 is 1.18 bits per heavy atom. The Morgan fingerprint density at radius 3 is 2.41 bits per heavy atom. The molecule has 0 spiro atoms. The summed E-state index contributed by atoms with van der Waals surface area (Å²) in [4.78, 5) is 10.0. The number of hydrogen-bond acceptors (Lipinski definition) is 3. The summed E-state index contributed by atoms with van der Waals surface area (Å²) in [5.74, 6) is -0.676. The summed E-state index contributed by atoms with van der Waals surface area (Å²) >= 11 is 0. The molecule has 17 heavy (non-hydrogen) atoms. The highest BCUT2D eigenvalue weighted by atomic mass is 19.1. The van der Waals surface area contributed by atoms with Crippen LogP contribution in [0.2, 0.25) is 0 Å². The van der Waals surface area contributed by atoms with Crippen molar-refractivity contribution >= 4 is 11.4 Å². The lowest BCUT2D eigenvalue weighted by atomic mass is 10.0. The molecule has 5 heteroatoms. The van der Waals surface area contributed by atoms with Gasteiger partial charge < -0.3 is 5.73 Å². The van der Waals surface area contributed by atoms with Gasteiger partial charge in [0.2, 0.25) is 0 Å². The monoisotopic (exact) mass is 232 g/mol. The molecule has 0 aliphatic heterocycles. The molecule has 0 amide bonds. The van der Waals surface area contributed by atoms with Gasteiger partial charge in [-0.1, -0.05) is 30.3 Å². The first kappa shape index (κ1) is 11.1. The number of rotatable bonds is 2. The van der Waals surface area contributed by atoms with E-state index in [1.807, 2.05) is 0 Å². The van der Waals surface area contributed by atoms with Gasteiger partial charge in [0.05, 0.1) is 11.0 Å². The Hall–Kier alpha value is -2.43. The summed E-state index contributed by atoms with van der Waals surface area (Å²) in [6.45, 7) is 0. The Kier molecular flexibility index (Phi) is 2.74. The Morgan fingerprint density at radius 2 is 1.82 bits per heavy atom. The molecule has 0 aliphatic rings. The van der Waals surface area contributed by atoms with Crippen LogP contribution < -0.4 is 5.73 Å². The van der Waals surface area contributed by atoms with Gasteiger partial charge in [-0.15, -0.1) is 0 Å². The molecule has 0 aromatic heterocycles. The number of nitro benzene ring substituents is 1. The van der Waals surface area contributed by atoms with Gasteiger partial charge in [-0.25, -0.2) is 4.39 Å². The van der Waals surface area contributed by atoms with Gasteiger partial charge in [-0.2, -0.15) is 0 Å². The summed E-state index contributed by atoms with van der Waals surface area (Å²) in [7, 11) is 0. The molecule has 0 saturated carbocycles. The third kappa shape index (κ3) is 2.08. The zero-order valence-electron chi connectivity index (χ0n) is 8.76. The molecular weight excluding hydrogens is 223 g/mol.